The third-order valence-electron chi connectivity index (χ3n) is 6.02. The summed E-state index contributed by atoms with van der Waals surface area (Å²) in [4.78, 5) is 8.28. The largest absolute Gasteiger partial charge is 0.236 e. The molecule has 0 bridgehead atoms. The molecule has 0 saturated heterocycles. The summed E-state index contributed by atoms with van der Waals surface area (Å²) in [6.45, 7) is 4.06. The summed E-state index contributed by atoms with van der Waals surface area (Å²) in [5.41, 5.74) is 4.32. The Kier molecular flexibility index (Phi) is 7.76. The molecule has 0 unspecified atom stereocenters. The van der Waals surface area contributed by atoms with Crippen molar-refractivity contribution in [2.45, 2.75) is 39.5 Å². The molecule has 0 atom stereocenters. The monoisotopic (exact) mass is 472 g/mol. The molecule has 0 saturated carbocycles. The number of aromatic nitrogens is 2. The summed E-state index contributed by atoms with van der Waals surface area (Å²) in [5.74, 6) is -1.96. The van der Waals surface area contributed by atoms with Gasteiger partial charge < -0.3 is 0 Å². The van der Waals surface area contributed by atoms with E-state index in [0.717, 1.165) is 53.5 Å². The molecular weight excluding hydrogens is 445 g/mol. The first-order valence-electron chi connectivity index (χ1n) is 11.9. The first kappa shape index (κ1) is 24.4. The molecule has 2 nitrogen and oxygen atoms in total. The summed E-state index contributed by atoms with van der Waals surface area (Å²) in [5, 5.41) is 0. The SMILES string of the molecule is CCCCc1ccc(-c2ccc(C=Cc3ccc(-c4ncc(CC)cn4)c(F)c3F)cc2)cc1F. The second kappa shape index (κ2) is 11.1. The lowest BCUT2D eigenvalue weighted by atomic mass is 10.00. The zero-order valence-corrected chi connectivity index (χ0v) is 19.9. The molecule has 1 heterocycles. The van der Waals surface area contributed by atoms with Gasteiger partial charge in [0.25, 0.3) is 0 Å². The summed E-state index contributed by atoms with van der Waals surface area (Å²) in [6.07, 6.45) is 9.97. The molecule has 0 spiro atoms. The van der Waals surface area contributed by atoms with Crippen molar-refractivity contribution in [2.75, 3.05) is 0 Å². The van der Waals surface area contributed by atoms with Gasteiger partial charge in [0.2, 0.25) is 0 Å². The number of benzene rings is 3. The van der Waals surface area contributed by atoms with Crippen LogP contribution in [0.3, 0.4) is 0 Å². The Morgan fingerprint density at radius 2 is 1.49 bits per heavy atom. The zero-order chi connectivity index (χ0) is 24.8. The molecule has 4 aromatic rings. The van der Waals surface area contributed by atoms with Gasteiger partial charge in [-0.25, -0.2) is 23.1 Å². The van der Waals surface area contributed by atoms with E-state index in [-0.39, 0.29) is 22.8 Å². The maximum absolute atomic E-state index is 14.7. The lowest BCUT2D eigenvalue weighted by molar-refractivity contribution is 0.509. The van der Waals surface area contributed by atoms with Crippen LogP contribution in [-0.2, 0) is 12.8 Å². The van der Waals surface area contributed by atoms with Crippen LogP contribution in [0.15, 0.2) is 67.0 Å². The van der Waals surface area contributed by atoms with Gasteiger partial charge in [-0.15, -0.1) is 0 Å². The molecule has 0 radical (unpaired) electrons. The molecule has 0 aliphatic carbocycles. The van der Waals surface area contributed by atoms with Crippen LogP contribution in [0.4, 0.5) is 13.2 Å². The third kappa shape index (κ3) is 5.68. The number of halogens is 3. The number of hydrogen-bond acceptors (Lipinski definition) is 2. The van der Waals surface area contributed by atoms with Gasteiger partial charge >= 0.3 is 0 Å². The normalized spacial score (nSPS) is 11.3. The van der Waals surface area contributed by atoms with Gasteiger partial charge in [-0.2, -0.15) is 0 Å². The zero-order valence-electron chi connectivity index (χ0n) is 19.9. The Morgan fingerprint density at radius 1 is 0.771 bits per heavy atom. The maximum Gasteiger partial charge on any atom is 0.170 e. The van der Waals surface area contributed by atoms with Crippen molar-refractivity contribution in [3.05, 3.63) is 107 Å². The minimum absolute atomic E-state index is 0.0274. The Balaban J connectivity index is 1.50. The van der Waals surface area contributed by atoms with Crippen LogP contribution in [0.2, 0.25) is 0 Å². The van der Waals surface area contributed by atoms with Gasteiger partial charge in [-0.1, -0.05) is 74.9 Å². The summed E-state index contributed by atoms with van der Waals surface area (Å²) in [7, 11) is 0. The Hall–Kier alpha value is -3.73. The Bertz CT molecular complexity index is 1330. The average Bonchev–Trinajstić information content (AvgIpc) is 2.89. The first-order chi connectivity index (χ1) is 17.0. The number of aryl methyl sites for hydroxylation is 2. The van der Waals surface area contributed by atoms with Crippen molar-refractivity contribution in [1.29, 1.82) is 0 Å². The van der Waals surface area contributed by atoms with E-state index in [0.29, 0.717) is 0 Å². The van der Waals surface area contributed by atoms with Crippen molar-refractivity contribution in [1.82, 2.24) is 9.97 Å². The van der Waals surface area contributed by atoms with Crippen LogP contribution < -0.4 is 0 Å². The second-order valence-corrected chi connectivity index (χ2v) is 8.46. The molecular formula is C30H27F3N2. The minimum atomic E-state index is -0.976. The molecule has 1 aromatic heterocycles. The smallest absolute Gasteiger partial charge is 0.170 e. The number of unbranched alkanes of at least 4 members (excludes halogenated alkanes) is 1. The van der Waals surface area contributed by atoms with Gasteiger partial charge in [0.15, 0.2) is 17.5 Å². The van der Waals surface area contributed by atoms with Crippen molar-refractivity contribution < 1.29 is 13.2 Å². The topological polar surface area (TPSA) is 25.8 Å². The van der Waals surface area contributed by atoms with Crippen LogP contribution in [-0.4, -0.2) is 9.97 Å². The van der Waals surface area contributed by atoms with E-state index >= 15 is 0 Å². The van der Waals surface area contributed by atoms with Crippen LogP contribution in [0.25, 0.3) is 34.7 Å². The number of rotatable bonds is 8. The maximum atomic E-state index is 14.7. The molecule has 5 heteroatoms. The van der Waals surface area contributed by atoms with Gasteiger partial charge in [-0.05, 0) is 59.2 Å². The summed E-state index contributed by atoms with van der Waals surface area (Å²) in [6, 6.07) is 15.8. The van der Waals surface area contributed by atoms with Crippen molar-refractivity contribution >= 4 is 12.2 Å². The summed E-state index contributed by atoms with van der Waals surface area (Å²) < 4.78 is 43.8. The van der Waals surface area contributed by atoms with E-state index in [4.69, 9.17) is 0 Å². The minimum Gasteiger partial charge on any atom is -0.236 e. The van der Waals surface area contributed by atoms with Crippen LogP contribution in [0.1, 0.15) is 48.9 Å². The molecule has 4 rings (SSSR count). The van der Waals surface area contributed by atoms with E-state index in [9.17, 15) is 13.2 Å². The van der Waals surface area contributed by atoms with Crippen LogP contribution >= 0.6 is 0 Å². The molecule has 0 fully saturated rings. The first-order valence-corrected chi connectivity index (χ1v) is 11.9. The predicted molar refractivity (Wildman–Crippen MR) is 136 cm³/mol. The fourth-order valence-corrected chi connectivity index (χ4v) is 3.81. The highest BCUT2D eigenvalue weighted by molar-refractivity contribution is 5.73. The average molecular weight is 473 g/mol. The molecule has 0 amide bonds. The van der Waals surface area contributed by atoms with Gasteiger partial charge in [0, 0.05) is 18.0 Å². The summed E-state index contributed by atoms with van der Waals surface area (Å²) >= 11 is 0. The lowest BCUT2D eigenvalue weighted by Gasteiger charge is -2.07. The highest BCUT2D eigenvalue weighted by atomic mass is 19.2. The fourth-order valence-electron chi connectivity index (χ4n) is 3.81. The second-order valence-electron chi connectivity index (χ2n) is 8.46. The van der Waals surface area contributed by atoms with E-state index in [2.05, 4.69) is 16.9 Å². The molecule has 0 N–H and O–H groups in total. The van der Waals surface area contributed by atoms with Crippen LogP contribution in [0.5, 0.6) is 0 Å². The Morgan fingerprint density at radius 3 is 2.14 bits per heavy atom. The Labute approximate surface area is 204 Å². The molecule has 3 aromatic carbocycles. The van der Waals surface area contributed by atoms with Gasteiger partial charge in [0.05, 0.1) is 5.56 Å². The van der Waals surface area contributed by atoms with Crippen molar-refractivity contribution in [3.63, 3.8) is 0 Å². The quantitative estimate of drug-likeness (QED) is 0.241. The van der Waals surface area contributed by atoms with Gasteiger partial charge in [-0.3, -0.25) is 0 Å². The number of nitrogens with zero attached hydrogens (tertiary/aromatic N) is 2. The van der Waals surface area contributed by atoms with Gasteiger partial charge in [0.1, 0.15) is 5.82 Å². The van der Waals surface area contributed by atoms with E-state index in [1.165, 1.54) is 18.2 Å². The standard InChI is InChI=1S/C30H27F3N2/c1-3-5-6-23-13-14-25(17-27(23)31)22-10-7-21(8-11-22)9-12-24-15-16-26(29(33)28(24)32)30-34-18-20(4-2)19-35-30/h7-19H,3-6H2,1-2H3. The number of hydrogen-bond donors (Lipinski definition) is 0. The van der Waals surface area contributed by atoms with E-state index < -0.39 is 11.6 Å². The molecule has 0 aliphatic heterocycles. The van der Waals surface area contributed by atoms with E-state index in [1.807, 2.05) is 43.3 Å². The highest BCUT2D eigenvalue weighted by Crippen LogP contribution is 2.26. The molecule has 178 valence electrons. The molecule has 0 aliphatic rings. The lowest BCUT2D eigenvalue weighted by Crippen LogP contribution is -1.97. The predicted octanol–water partition coefficient (Wildman–Crippen LogP) is 8.30. The molecule has 35 heavy (non-hydrogen) atoms. The highest BCUT2D eigenvalue weighted by Gasteiger charge is 2.15. The third-order valence-corrected chi connectivity index (χ3v) is 6.02. The van der Waals surface area contributed by atoms with Crippen LogP contribution in [0, 0.1) is 17.5 Å². The van der Waals surface area contributed by atoms with Crippen molar-refractivity contribution in [3.8, 4) is 22.5 Å². The van der Waals surface area contributed by atoms with E-state index in [1.54, 1.807) is 24.5 Å². The fraction of sp³-hybridized carbons (Fsp3) is 0.200. The van der Waals surface area contributed by atoms with Crippen molar-refractivity contribution in [2.24, 2.45) is 0 Å².